The molecule has 2 heterocycles. The van der Waals surface area contributed by atoms with Crippen molar-refractivity contribution < 1.29 is 9.90 Å². The molecular formula is C10H15N3O2. The molecule has 1 aliphatic rings. The first-order valence-electron chi connectivity index (χ1n) is 4.91. The molecule has 0 bridgehead atoms. The lowest BCUT2D eigenvalue weighted by Crippen LogP contribution is -2.61. The van der Waals surface area contributed by atoms with Crippen molar-refractivity contribution in [3.63, 3.8) is 0 Å². The average Bonchev–Trinajstić information content (AvgIpc) is 2.43. The second-order valence-corrected chi connectivity index (χ2v) is 4.43. The van der Waals surface area contributed by atoms with Crippen molar-refractivity contribution in [1.82, 2.24) is 14.7 Å². The van der Waals surface area contributed by atoms with Gasteiger partial charge in [-0.25, -0.2) is 0 Å². The van der Waals surface area contributed by atoms with E-state index in [1.54, 1.807) is 29.7 Å². The second kappa shape index (κ2) is 3.06. The van der Waals surface area contributed by atoms with Crippen molar-refractivity contribution in [2.75, 3.05) is 13.1 Å². The first kappa shape index (κ1) is 10.2. The maximum atomic E-state index is 11.9. The molecule has 1 amide bonds. The third-order valence-corrected chi connectivity index (χ3v) is 2.82. The Kier molecular flexibility index (Phi) is 2.08. The summed E-state index contributed by atoms with van der Waals surface area (Å²) >= 11 is 0. The van der Waals surface area contributed by atoms with E-state index in [-0.39, 0.29) is 5.91 Å². The van der Waals surface area contributed by atoms with Crippen molar-refractivity contribution in [1.29, 1.82) is 0 Å². The highest BCUT2D eigenvalue weighted by Gasteiger charge is 2.40. The predicted octanol–water partition coefficient (Wildman–Crippen LogP) is -0.0647. The van der Waals surface area contributed by atoms with Crippen molar-refractivity contribution >= 4 is 5.91 Å². The Balaban J connectivity index is 2.13. The molecular weight excluding hydrogens is 194 g/mol. The Bertz CT molecular complexity index is 401. The van der Waals surface area contributed by atoms with Gasteiger partial charge in [0.25, 0.3) is 5.91 Å². The lowest BCUT2D eigenvalue weighted by Gasteiger charge is -2.44. The topological polar surface area (TPSA) is 58.4 Å². The van der Waals surface area contributed by atoms with Crippen molar-refractivity contribution in [2.24, 2.45) is 7.05 Å². The molecule has 0 aromatic carbocycles. The fourth-order valence-electron chi connectivity index (χ4n) is 1.80. The van der Waals surface area contributed by atoms with Crippen molar-refractivity contribution in [3.05, 3.63) is 17.5 Å². The largest absolute Gasteiger partial charge is 0.386 e. The Morgan fingerprint density at radius 2 is 2.20 bits per heavy atom. The average molecular weight is 209 g/mol. The molecule has 15 heavy (non-hydrogen) atoms. The van der Waals surface area contributed by atoms with Crippen LogP contribution in [0.15, 0.2) is 6.20 Å². The van der Waals surface area contributed by atoms with E-state index in [9.17, 15) is 9.90 Å². The Morgan fingerprint density at radius 1 is 1.60 bits per heavy atom. The first-order chi connectivity index (χ1) is 6.91. The van der Waals surface area contributed by atoms with Gasteiger partial charge >= 0.3 is 0 Å². The summed E-state index contributed by atoms with van der Waals surface area (Å²) in [5.41, 5.74) is 0.755. The van der Waals surface area contributed by atoms with E-state index in [1.807, 2.05) is 6.92 Å². The molecule has 0 radical (unpaired) electrons. The summed E-state index contributed by atoms with van der Waals surface area (Å²) < 4.78 is 1.67. The molecule has 1 N–H and O–H groups in total. The van der Waals surface area contributed by atoms with E-state index in [0.29, 0.717) is 18.7 Å². The van der Waals surface area contributed by atoms with Gasteiger partial charge in [-0.1, -0.05) is 0 Å². The van der Waals surface area contributed by atoms with Crippen LogP contribution in [0.4, 0.5) is 0 Å². The van der Waals surface area contributed by atoms with Crippen LogP contribution in [0.5, 0.6) is 0 Å². The fourth-order valence-corrected chi connectivity index (χ4v) is 1.80. The molecule has 1 fully saturated rings. The number of aromatic nitrogens is 2. The zero-order valence-corrected chi connectivity index (χ0v) is 9.19. The van der Waals surface area contributed by atoms with Crippen LogP contribution in [-0.4, -0.2) is 44.4 Å². The second-order valence-electron chi connectivity index (χ2n) is 4.43. The number of aryl methyl sites for hydroxylation is 1. The molecule has 1 aromatic rings. The van der Waals surface area contributed by atoms with Crippen LogP contribution in [0.2, 0.25) is 0 Å². The van der Waals surface area contributed by atoms with Crippen LogP contribution >= 0.6 is 0 Å². The van der Waals surface area contributed by atoms with Gasteiger partial charge in [-0.2, -0.15) is 5.10 Å². The third-order valence-electron chi connectivity index (χ3n) is 2.82. The van der Waals surface area contributed by atoms with E-state index in [4.69, 9.17) is 0 Å². The number of hydrogen-bond donors (Lipinski definition) is 1. The SMILES string of the molecule is Cc1c(C(=O)N2CC(C)(O)C2)cnn1C. The maximum Gasteiger partial charge on any atom is 0.257 e. The van der Waals surface area contributed by atoms with Crippen LogP contribution in [0.3, 0.4) is 0 Å². The molecule has 5 nitrogen and oxygen atoms in total. The van der Waals surface area contributed by atoms with Crippen LogP contribution in [0.25, 0.3) is 0 Å². The molecule has 5 heteroatoms. The summed E-state index contributed by atoms with van der Waals surface area (Å²) in [6.07, 6.45) is 1.57. The minimum atomic E-state index is -0.716. The lowest BCUT2D eigenvalue weighted by molar-refractivity contribution is -0.0669. The molecule has 1 aromatic heterocycles. The minimum absolute atomic E-state index is 0.0490. The molecule has 0 spiro atoms. The number of amides is 1. The number of carbonyl (C=O) groups excluding carboxylic acids is 1. The Hall–Kier alpha value is -1.36. The zero-order valence-electron chi connectivity index (χ0n) is 9.19. The van der Waals surface area contributed by atoms with Crippen LogP contribution in [-0.2, 0) is 7.05 Å². The van der Waals surface area contributed by atoms with Gasteiger partial charge in [0.05, 0.1) is 30.5 Å². The van der Waals surface area contributed by atoms with Gasteiger partial charge in [-0.15, -0.1) is 0 Å². The first-order valence-corrected chi connectivity index (χ1v) is 4.91. The van der Waals surface area contributed by atoms with E-state index in [1.165, 1.54) is 0 Å². The predicted molar refractivity (Wildman–Crippen MR) is 54.5 cm³/mol. The monoisotopic (exact) mass is 209 g/mol. The van der Waals surface area contributed by atoms with Gasteiger partial charge in [0.1, 0.15) is 0 Å². The van der Waals surface area contributed by atoms with Gasteiger partial charge in [0, 0.05) is 12.7 Å². The number of likely N-dealkylation sites (tertiary alicyclic amines) is 1. The van der Waals surface area contributed by atoms with Crippen molar-refractivity contribution in [2.45, 2.75) is 19.4 Å². The number of hydrogen-bond acceptors (Lipinski definition) is 3. The molecule has 0 unspecified atom stereocenters. The van der Waals surface area contributed by atoms with Gasteiger partial charge < -0.3 is 10.0 Å². The quantitative estimate of drug-likeness (QED) is 0.704. The number of rotatable bonds is 1. The summed E-state index contributed by atoms with van der Waals surface area (Å²) in [4.78, 5) is 13.5. The van der Waals surface area contributed by atoms with Gasteiger partial charge in [0.2, 0.25) is 0 Å². The highest BCUT2D eigenvalue weighted by atomic mass is 16.3. The fraction of sp³-hybridized carbons (Fsp3) is 0.600. The summed E-state index contributed by atoms with van der Waals surface area (Å²) in [7, 11) is 1.80. The van der Waals surface area contributed by atoms with Crippen LogP contribution in [0.1, 0.15) is 23.0 Å². The molecule has 82 valence electrons. The number of nitrogens with zero attached hydrogens (tertiary/aromatic N) is 3. The summed E-state index contributed by atoms with van der Waals surface area (Å²) in [6, 6.07) is 0. The normalized spacial score (nSPS) is 18.8. The number of β-amino-alcohol motifs (C(OH)–C–C–N with tert-alkyl or cyclic N) is 1. The molecule has 0 saturated carbocycles. The molecule has 2 rings (SSSR count). The number of carbonyl (C=O) groups is 1. The maximum absolute atomic E-state index is 11.9. The smallest absolute Gasteiger partial charge is 0.257 e. The van der Waals surface area contributed by atoms with Crippen LogP contribution < -0.4 is 0 Å². The Labute approximate surface area is 88.3 Å². The van der Waals surface area contributed by atoms with E-state index < -0.39 is 5.60 Å². The molecule has 1 aliphatic heterocycles. The third kappa shape index (κ3) is 1.63. The number of aliphatic hydroxyl groups is 1. The zero-order chi connectivity index (χ0) is 11.2. The lowest BCUT2D eigenvalue weighted by atomic mass is 9.96. The van der Waals surface area contributed by atoms with Gasteiger partial charge in [-0.05, 0) is 13.8 Å². The minimum Gasteiger partial charge on any atom is -0.386 e. The molecule has 0 atom stereocenters. The standard InChI is InChI=1S/C10H15N3O2/c1-7-8(4-11-12(7)3)9(14)13-5-10(2,15)6-13/h4,15H,5-6H2,1-3H3. The summed E-state index contributed by atoms with van der Waals surface area (Å²) in [5.74, 6) is -0.0490. The van der Waals surface area contributed by atoms with Gasteiger partial charge in [0.15, 0.2) is 0 Å². The van der Waals surface area contributed by atoms with Gasteiger partial charge in [-0.3, -0.25) is 9.48 Å². The Morgan fingerprint density at radius 3 is 2.60 bits per heavy atom. The highest BCUT2D eigenvalue weighted by molar-refractivity contribution is 5.95. The highest BCUT2D eigenvalue weighted by Crippen LogP contribution is 2.22. The van der Waals surface area contributed by atoms with Crippen LogP contribution in [0, 0.1) is 6.92 Å². The van der Waals surface area contributed by atoms with E-state index >= 15 is 0 Å². The van der Waals surface area contributed by atoms with Crippen molar-refractivity contribution in [3.8, 4) is 0 Å². The molecule has 0 aliphatic carbocycles. The summed E-state index contributed by atoms with van der Waals surface area (Å²) in [5, 5.41) is 13.6. The molecule has 1 saturated heterocycles. The van der Waals surface area contributed by atoms with E-state index in [2.05, 4.69) is 5.10 Å². The van der Waals surface area contributed by atoms with E-state index in [0.717, 1.165) is 5.69 Å². The summed E-state index contributed by atoms with van der Waals surface area (Å²) in [6.45, 7) is 4.39.